The lowest BCUT2D eigenvalue weighted by molar-refractivity contribution is -0.135. The molecule has 13 heteroatoms. The Balaban J connectivity index is 0.826. The van der Waals surface area contributed by atoms with Gasteiger partial charge in [-0.25, -0.2) is 9.18 Å². The average molecular weight is 745 g/mol. The Bertz CT molecular complexity index is 2380. The summed E-state index contributed by atoms with van der Waals surface area (Å²) in [6, 6.07) is 16.2. The summed E-state index contributed by atoms with van der Waals surface area (Å²) in [7, 11) is 1.78. The van der Waals surface area contributed by atoms with Crippen molar-refractivity contribution in [1.82, 2.24) is 34.6 Å². The number of imide groups is 1. The number of nitrogens with zero attached hydrogens (tertiary/aromatic N) is 5. The number of pyridine rings is 1. The number of halogens is 1. The van der Waals surface area contributed by atoms with Gasteiger partial charge in [-0.1, -0.05) is 12.1 Å². The molecule has 4 aliphatic heterocycles. The van der Waals surface area contributed by atoms with Gasteiger partial charge in [-0.2, -0.15) is 0 Å². The second kappa shape index (κ2) is 14.3. The number of piperidine rings is 3. The first-order valence-corrected chi connectivity index (χ1v) is 19.5. The first-order chi connectivity index (χ1) is 26.7. The third kappa shape index (κ3) is 6.53. The molecule has 284 valence electrons. The number of aromatic amines is 1. The lowest BCUT2D eigenvalue weighted by Crippen LogP contribution is -2.44. The molecule has 0 bridgehead atoms. The van der Waals surface area contributed by atoms with Crippen LogP contribution in [0.2, 0.25) is 0 Å². The summed E-state index contributed by atoms with van der Waals surface area (Å²) in [6.45, 7) is 5.41. The molecule has 12 nitrogen and oxygen atoms in total. The van der Waals surface area contributed by atoms with Gasteiger partial charge in [0.05, 0.1) is 22.3 Å². The number of fused-ring (bicyclic) bond motifs is 2. The standard InChI is InChI=1S/C42H45FN8O4/c1-48-39-29(3-2-4-36(39)51(42(48)55)37-7-8-38(52)47-41(37)54)26-13-17-49(18-14-26)24-25-11-19-50(20-12-25)28-5-6-32(43)30(22-28)35-21-27(9-15-44-35)34-23-31-33(46-34)10-16-45-40(31)53/h2-6,9,15,21-23,25-26,37,46H,7-8,10-14,16-20,24H2,1H3,(H,45,53)(H,47,52,54). The number of rotatable bonds is 7. The monoisotopic (exact) mass is 744 g/mol. The van der Waals surface area contributed by atoms with E-state index in [1.165, 1.54) is 6.07 Å². The van der Waals surface area contributed by atoms with Gasteiger partial charge >= 0.3 is 5.69 Å². The van der Waals surface area contributed by atoms with E-state index in [1.54, 1.807) is 22.4 Å². The van der Waals surface area contributed by atoms with Crippen LogP contribution in [0.4, 0.5) is 10.1 Å². The molecular weight excluding hydrogens is 700 g/mol. The maximum atomic E-state index is 15.3. The van der Waals surface area contributed by atoms with Crippen LogP contribution < -0.4 is 21.2 Å². The number of anilines is 1. The van der Waals surface area contributed by atoms with Crippen molar-refractivity contribution in [2.24, 2.45) is 13.0 Å². The van der Waals surface area contributed by atoms with Gasteiger partial charge in [-0.05, 0) is 105 Å². The van der Waals surface area contributed by atoms with E-state index in [4.69, 9.17) is 0 Å². The Labute approximate surface area is 317 Å². The molecule has 0 saturated carbocycles. The molecule has 3 aromatic heterocycles. The summed E-state index contributed by atoms with van der Waals surface area (Å²) >= 11 is 0. The molecule has 3 saturated heterocycles. The predicted octanol–water partition coefficient (Wildman–Crippen LogP) is 4.90. The number of carbonyl (C=O) groups excluding carboxylic acids is 3. The number of carbonyl (C=O) groups is 3. The number of amides is 3. The smallest absolute Gasteiger partial charge is 0.329 e. The average Bonchev–Trinajstić information content (AvgIpc) is 3.75. The lowest BCUT2D eigenvalue weighted by atomic mass is 9.87. The SMILES string of the molecule is Cn1c(=O)n(C2CCC(=O)NC2=O)c2cccc(C3CCN(CC4CCN(c5ccc(F)c(-c6cc(-c7cc8c([nH]7)CCNC8=O)ccn6)c5)CC4)CC3)c21. The highest BCUT2D eigenvalue weighted by atomic mass is 19.1. The second-order valence-electron chi connectivity index (χ2n) is 15.6. The Kier molecular flexibility index (Phi) is 9.12. The normalized spacial score (nSPS) is 20.1. The molecule has 0 spiro atoms. The topological polar surface area (TPSA) is 137 Å². The highest BCUT2D eigenvalue weighted by molar-refractivity contribution is 6.00. The molecule has 55 heavy (non-hydrogen) atoms. The van der Waals surface area contributed by atoms with E-state index in [2.05, 4.69) is 36.5 Å². The fourth-order valence-corrected chi connectivity index (χ4v) is 9.29. The van der Waals surface area contributed by atoms with Gasteiger partial charge in [-0.15, -0.1) is 0 Å². The van der Waals surface area contributed by atoms with Crippen LogP contribution in [0.1, 0.15) is 72.1 Å². The largest absolute Gasteiger partial charge is 0.371 e. The molecule has 3 N–H and O–H groups in total. The summed E-state index contributed by atoms with van der Waals surface area (Å²) in [5.41, 5.74) is 7.80. The quantitative estimate of drug-likeness (QED) is 0.202. The second-order valence-corrected chi connectivity index (χ2v) is 15.6. The minimum Gasteiger partial charge on any atom is -0.371 e. The number of para-hydroxylation sites is 1. The third-order valence-electron chi connectivity index (χ3n) is 12.3. The fourth-order valence-electron chi connectivity index (χ4n) is 9.29. The minimum absolute atomic E-state index is 0.0772. The number of hydrogen-bond donors (Lipinski definition) is 3. The summed E-state index contributed by atoms with van der Waals surface area (Å²) in [4.78, 5) is 63.1. The molecule has 9 rings (SSSR count). The van der Waals surface area contributed by atoms with Gasteiger partial charge in [-0.3, -0.25) is 33.8 Å². The summed E-state index contributed by atoms with van der Waals surface area (Å²) in [6.07, 6.45) is 7.07. The molecule has 2 aromatic carbocycles. The van der Waals surface area contributed by atoms with Crippen molar-refractivity contribution < 1.29 is 18.8 Å². The molecule has 0 aliphatic carbocycles. The lowest BCUT2D eigenvalue weighted by Gasteiger charge is -2.38. The minimum atomic E-state index is -0.690. The van der Waals surface area contributed by atoms with Crippen molar-refractivity contribution >= 4 is 34.4 Å². The Morgan fingerprint density at radius 3 is 2.47 bits per heavy atom. The molecule has 3 fully saturated rings. The Hall–Kier alpha value is -5.56. The molecule has 7 heterocycles. The highest BCUT2D eigenvalue weighted by Crippen LogP contribution is 2.36. The van der Waals surface area contributed by atoms with Gasteiger partial charge in [0.25, 0.3) is 5.91 Å². The van der Waals surface area contributed by atoms with Gasteiger partial charge in [0.15, 0.2) is 0 Å². The van der Waals surface area contributed by atoms with Crippen molar-refractivity contribution in [2.75, 3.05) is 44.2 Å². The van der Waals surface area contributed by atoms with E-state index in [9.17, 15) is 19.2 Å². The maximum Gasteiger partial charge on any atom is 0.329 e. The summed E-state index contributed by atoms with van der Waals surface area (Å²) < 4.78 is 18.5. The van der Waals surface area contributed by atoms with Crippen LogP contribution in [0.5, 0.6) is 0 Å². The first kappa shape index (κ1) is 35.2. The zero-order valence-corrected chi connectivity index (χ0v) is 30.9. The zero-order chi connectivity index (χ0) is 37.8. The van der Waals surface area contributed by atoms with Gasteiger partial charge < -0.3 is 20.1 Å². The van der Waals surface area contributed by atoms with E-state index >= 15 is 4.39 Å². The number of nitrogens with one attached hydrogen (secondary N) is 3. The molecule has 5 aromatic rings. The molecule has 0 radical (unpaired) electrons. The van der Waals surface area contributed by atoms with Gasteiger partial charge in [0.1, 0.15) is 11.9 Å². The van der Waals surface area contributed by atoms with Crippen LogP contribution in [-0.2, 0) is 23.1 Å². The van der Waals surface area contributed by atoms with Gasteiger partial charge in [0, 0.05) is 80.5 Å². The first-order valence-electron chi connectivity index (χ1n) is 19.5. The van der Waals surface area contributed by atoms with E-state index in [1.807, 2.05) is 42.5 Å². The zero-order valence-electron chi connectivity index (χ0n) is 30.9. The highest BCUT2D eigenvalue weighted by Gasteiger charge is 2.33. The summed E-state index contributed by atoms with van der Waals surface area (Å²) in [5, 5.41) is 5.28. The van der Waals surface area contributed by atoms with E-state index in [0.29, 0.717) is 41.6 Å². The van der Waals surface area contributed by atoms with E-state index in [-0.39, 0.29) is 29.7 Å². The van der Waals surface area contributed by atoms with Crippen molar-refractivity contribution in [3.63, 3.8) is 0 Å². The molecular formula is C42H45FN8O4. The van der Waals surface area contributed by atoms with Crippen molar-refractivity contribution in [3.05, 3.63) is 93.9 Å². The predicted molar refractivity (Wildman–Crippen MR) is 207 cm³/mol. The molecule has 3 amide bonds. The number of hydrogen-bond acceptors (Lipinski definition) is 7. The number of likely N-dealkylation sites (tertiary alicyclic amines) is 1. The Morgan fingerprint density at radius 2 is 1.69 bits per heavy atom. The van der Waals surface area contributed by atoms with Crippen LogP contribution in [0, 0.1) is 11.7 Å². The Morgan fingerprint density at radius 1 is 0.873 bits per heavy atom. The van der Waals surface area contributed by atoms with Crippen LogP contribution in [-0.4, -0.2) is 81.0 Å². The van der Waals surface area contributed by atoms with Crippen molar-refractivity contribution in [1.29, 1.82) is 0 Å². The van der Waals surface area contributed by atoms with Crippen LogP contribution >= 0.6 is 0 Å². The van der Waals surface area contributed by atoms with E-state index in [0.717, 1.165) is 104 Å². The van der Waals surface area contributed by atoms with Crippen LogP contribution in [0.25, 0.3) is 33.5 Å². The van der Waals surface area contributed by atoms with Crippen LogP contribution in [0.15, 0.2) is 65.6 Å². The summed E-state index contributed by atoms with van der Waals surface area (Å²) in [5.74, 6) is -0.222. The number of benzene rings is 2. The van der Waals surface area contributed by atoms with Gasteiger partial charge in [0.2, 0.25) is 11.8 Å². The third-order valence-corrected chi connectivity index (χ3v) is 12.3. The maximum absolute atomic E-state index is 15.3. The number of aryl methyl sites for hydroxylation is 1. The van der Waals surface area contributed by atoms with E-state index < -0.39 is 11.9 Å². The number of imidazole rings is 1. The molecule has 1 unspecified atom stereocenters. The van der Waals surface area contributed by atoms with Crippen molar-refractivity contribution in [2.45, 2.75) is 56.9 Å². The molecule has 4 aliphatic rings. The fraction of sp³-hybridized carbons (Fsp3) is 0.405. The van der Waals surface area contributed by atoms with Crippen molar-refractivity contribution in [3.8, 4) is 22.5 Å². The number of aromatic nitrogens is 4. The molecule has 1 atom stereocenters. The van der Waals surface area contributed by atoms with Crippen LogP contribution in [0.3, 0.4) is 0 Å². The number of H-pyrrole nitrogens is 1.